The minimum atomic E-state index is 0.324. The summed E-state index contributed by atoms with van der Waals surface area (Å²) in [5, 5.41) is 0. The number of fused-ring (bicyclic) bond motifs is 1. The van der Waals surface area contributed by atoms with E-state index in [0.717, 1.165) is 24.5 Å². The summed E-state index contributed by atoms with van der Waals surface area (Å²) in [5.41, 5.74) is 6.58. The van der Waals surface area contributed by atoms with E-state index in [2.05, 4.69) is 42.1 Å². The molecule has 98 valence electrons. The fourth-order valence-electron chi connectivity index (χ4n) is 2.55. The Morgan fingerprint density at radius 3 is 2.53 bits per heavy atom. The zero-order chi connectivity index (χ0) is 13.1. The first-order valence-corrected chi connectivity index (χ1v) is 6.62. The second-order valence-corrected chi connectivity index (χ2v) is 4.72. The molecule has 0 saturated heterocycles. The summed E-state index contributed by atoms with van der Waals surface area (Å²) in [7, 11) is 0. The van der Waals surface area contributed by atoms with E-state index in [4.69, 9.17) is 9.47 Å². The van der Waals surface area contributed by atoms with Gasteiger partial charge in [-0.1, -0.05) is 36.4 Å². The highest BCUT2D eigenvalue weighted by Crippen LogP contribution is 2.37. The van der Waals surface area contributed by atoms with E-state index in [1.165, 1.54) is 11.1 Å². The van der Waals surface area contributed by atoms with E-state index in [9.17, 15) is 0 Å². The van der Waals surface area contributed by atoms with Crippen LogP contribution in [0.15, 0.2) is 48.5 Å². The first-order valence-electron chi connectivity index (χ1n) is 6.62. The monoisotopic (exact) mass is 256 g/mol. The SMILES string of the molecule is [NH3+]CC[C@@H](c1ccccc1)c1ccc2c(c1)OCO2. The molecule has 19 heavy (non-hydrogen) atoms. The molecule has 0 fully saturated rings. The van der Waals surface area contributed by atoms with Gasteiger partial charge in [0, 0.05) is 12.3 Å². The van der Waals surface area contributed by atoms with Crippen molar-refractivity contribution in [2.75, 3.05) is 13.3 Å². The van der Waals surface area contributed by atoms with Gasteiger partial charge in [0.05, 0.1) is 6.54 Å². The molecule has 1 aliphatic rings. The van der Waals surface area contributed by atoms with Gasteiger partial charge in [-0.3, -0.25) is 0 Å². The molecule has 0 aromatic heterocycles. The van der Waals surface area contributed by atoms with E-state index in [1.54, 1.807) is 0 Å². The summed E-state index contributed by atoms with van der Waals surface area (Å²) in [5.74, 6) is 2.06. The highest BCUT2D eigenvalue weighted by atomic mass is 16.7. The molecule has 1 aliphatic heterocycles. The Hall–Kier alpha value is -2.00. The molecule has 0 aliphatic carbocycles. The van der Waals surface area contributed by atoms with Crippen LogP contribution in [-0.4, -0.2) is 13.3 Å². The van der Waals surface area contributed by atoms with E-state index in [1.807, 2.05) is 12.1 Å². The molecular formula is C16H18NO2+. The molecule has 2 aromatic carbocycles. The molecule has 1 atom stereocenters. The highest BCUT2D eigenvalue weighted by molar-refractivity contribution is 5.47. The van der Waals surface area contributed by atoms with Crippen LogP contribution >= 0.6 is 0 Å². The fourth-order valence-corrected chi connectivity index (χ4v) is 2.55. The van der Waals surface area contributed by atoms with E-state index in [-0.39, 0.29) is 0 Å². The van der Waals surface area contributed by atoms with Gasteiger partial charge in [0.1, 0.15) is 0 Å². The van der Waals surface area contributed by atoms with Gasteiger partial charge in [-0.05, 0) is 23.3 Å². The first kappa shape index (κ1) is 12.1. The van der Waals surface area contributed by atoms with Gasteiger partial charge in [-0.25, -0.2) is 0 Å². The summed E-state index contributed by atoms with van der Waals surface area (Å²) < 4.78 is 10.8. The lowest BCUT2D eigenvalue weighted by molar-refractivity contribution is -0.368. The smallest absolute Gasteiger partial charge is 0.231 e. The number of benzene rings is 2. The molecule has 2 aromatic rings. The second-order valence-electron chi connectivity index (χ2n) is 4.72. The third kappa shape index (κ3) is 2.42. The molecule has 0 radical (unpaired) electrons. The van der Waals surface area contributed by atoms with Crippen molar-refractivity contribution in [3.8, 4) is 11.5 Å². The Morgan fingerprint density at radius 2 is 1.74 bits per heavy atom. The van der Waals surface area contributed by atoms with Crippen molar-refractivity contribution < 1.29 is 15.2 Å². The third-order valence-electron chi connectivity index (χ3n) is 3.49. The van der Waals surface area contributed by atoms with Gasteiger partial charge in [-0.2, -0.15) is 0 Å². The molecule has 0 spiro atoms. The zero-order valence-electron chi connectivity index (χ0n) is 10.8. The van der Waals surface area contributed by atoms with Crippen LogP contribution in [0.3, 0.4) is 0 Å². The number of hydrogen-bond donors (Lipinski definition) is 1. The van der Waals surface area contributed by atoms with E-state index < -0.39 is 0 Å². The van der Waals surface area contributed by atoms with Crippen LogP contribution in [0.2, 0.25) is 0 Å². The van der Waals surface area contributed by atoms with Gasteiger partial charge in [0.15, 0.2) is 11.5 Å². The van der Waals surface area contributed by atoms with Gasteiger partial charge in [0.25, 0.3) is 0 Å². The van der Waals surface area contributed by atoms with E-state index >= 15 is 0 Å². The maximum absolute atomic E-state index is 5.47. The minimum Gasteiger partial charge on any atom is -0.454 e. The molecule has 3 rings (SSSR count). The molecule has 0 amide bonds. The van der Waals surface area contributed by atoms with Crippen LogP contribution < -0.4 is 15.2 Å². The predicted molar refractivity (Wildman–Crippen MR) is 73.2 cm³/mol. The van der Waals surface area contributed by atoms with Crippen molar-refractivity contribution in [2.24, 2.45) is 0 Å². The Bertz CT molecular complexity index is 554. The molecule has 0 unspecified atom stereocenters. The topological polar surface area (TPSA) is 46.1 Å². The summed E-state index contributed by atoms with van der Waals surface area (Å²) in [6.07, 6.45) is 1.03. The quantitative estimate of drug-likeness (QED) is 0.911. The molecule has 0 saturated carbocycles. The van der Waals surface area contributed by atoms with Crippen molar-refractivity contribution in [2.45, 2.75) is 12.3 Å². The Kier molecular flexibility index (Phi) is 3.38. The van der Waals surface area contributed by atoms with Crippen LogP contribution in [0, 0.1) is 0 Å². The van der Waals surface area contributed by atoms with Gasteiger partial charge >= 0.3 is 0 Å². The minimum absolute atomic E-state index is 0.324. The molecule has 1 heterocycles. The zero-order valence-corrected chi connectivity index (χ0v) is 10.8. The normalized spacial score (nSPS) is 14.4. The average molecular weight is 256 g/mol. The van der Waals surface area contributed by atoms with Crippen LogP contribution in [0.4, 0.5) is 0 Å². The number of ether oxygens (including phenoxy) is 2. The lowest BCUT2D eigenvalue weighted by atomic mass is 9.88. The molecule has 3 N–H and O–H groups in total. The average Bonchev–Trinajstić information content (AvgIpc) is 2.93. The molecule has 3 nitrogen and oxygen atoms in total. The summed E-state index contributed by atoms with van der Waals surface area (Å²) in [6, 6.07) is 16.8. The standard InChI is InChI=1S/C16H17NO2/c17-9-8-14(12-4-2-1-3-5-12)13-6-7-15-16(10-13)19-11-18-15/h1-7,10,14H,8-9,11,17H2/p+1/t14-/m0/s1. The van der Waals surface area contributed by atoms with Crippen LogP contribution in [-0.2, 0) is 0 Å². The second kappa shape index (κ2) is 5.33. The highest BCUT2D eigenvalue weighted by Gasteiger charge is 2.19. The van der Waals surface area contributed by atoms with Crippen molar-refractivity contribution in [1.82, 2.24) is 0 Å². The predicted octanol–water partition coefficient (Wildman–Crippen LogP) is 2.18. The number of quaternary nitrogens is 1. The number of rotatable bonds is 4. The van der Waals surface area contributed by atoms with Gasteiger partial charge < -0.3 is 15.2 Å². The summed E-state index contributed by atoms with van der Waals surface area (Å²) in [4.78, 5) is 0. The summed E-state index contributed by atoms with van der Waals surface area (Å²) >= 11 is 0. The lowest BCUT2D eigenvalue weighted by Crippen LogP contribution is -2.50. The van der Waals surface area contributed by atoms with Gasteiger partial charge in [-0.15, -0.1) is 0 Å². The van der Waals surface area contributed by atoms with Crippen LogP contribution in [0.1, 0.15) is 23.5 Å². The Labute approximate surface area is 113 Å². The maximum Gasteiger partial charge on any atom is 0.231 e. The van der Waals surface area contributed by atoms with Crippen LogP contribution in [0.5, 0.6) is 11.5 Å². The maximum atomic E-state index is 5.47. The first-order chi connectivity index (χ1) is 9.38. The third-order valence-corrected chi connectivity index (χ3v) is 3.49. The number of hydrogen-bond acceptors (Lipinski definition) is 2. The van der Waals surface area contributed by atoms with E-state index in [0.29, 0.717) is 12.7 Å². The fraction of sp³-hybridized carbons (Fsp3) is 0.250. The Balaban J connectivity index is 1.96. The largest absolute Gasteiger partial charge is 0.454 e. The van der Waals surface area contributed by atoms with Crippen molar-refractivity contribution in [3.63, 3.8) is 0 Å². The van der Waals surface area contributed by atoms with Crippen molar-refractivity contribution in [1.29, 1.82) is 0 Å². The summed E-state index contributed by atoms with van der Waals surface area (Å²) in [6.45, 7) is 1.23. The van der Waals surface area contributed by atoms with Crippen molar-refractivity contribution in [3.05, 3.63) is 59.7 Å². The lowest BCUT2D eigenvalue weighted by Gasteiger charge is -2.16. The molecule has 3 heteroatoms. The Morgan fingerprint density at radius 1 is 0.947 bits per heavy atom. The molecule has 0 bridgehead atoms. The van der Waals surface area contributed by atoms with Gasteiger partial charge in [0.2, 0.25) is 6.79 Å². The van der Waals surface area contributed by atoms with Crippen molar-refractivity contribution >= 4 is 0 Å². The van der Waals surface area contributed by atoms with Crippen LogP contribution in [0.25, 0.3) is 0 Å². The molecular weight excluding hydrogens is 238 g/mol.